The second kappa shape index (κ2) is 9.55. The first kappa shape index (κ1) is 22.5. The minimum absolute atomic E-state index is 0.0198. The molecule has 0 spiro atoms. The summed E-state index contributed by atoms with van der Waals surface area (Å²) in [6.45, 7) is 5.62. The van der Waals surface area contributed by atoms with Crippen LogP contribution < -0.4 is 4.74 Å². The minimum Gasteiger partial charge on any atom is -0.492 e. The van der Waals surface area contributed by atoms with Gasteiger partial charge in [-0.05, 0) is 62.7 Å². The highest BCUT2D eigenvalue weighted by molar-refractivity contribution is 7.89. The normalized spacial score (nSPS) is 14.7. The molecule has 0 atom stereocenters. The quantitative estimate of drug-likeness (QED) is 0.364. The Labute approximate surface area is 199 Å². The monoisotopic (exact) mass is 480 g/mol. The van der Waals surface area contributed by atoms with Gasteiger partial charge in [0, 0.05) is 18.5 Å². The van der Waals surface area contributed by atoms with E-state index in [0.29, 0.717) is 30.1 Å². The van der Waals surface area contributed by atoms with E-state index in [2.05, 4.69) is 20.1 Å². The summed E-state index contributed by atoms with van der Waals surface area (Å²) in [6, 6.07) is 13.7. The number of fused-ring (bicyclic) bond motifs is 1. The van der Waals surface area contributed by atoms with Crippen molar-refractivity contribution in [3.05, 3.63) is 66.2 Å². The van der Waals surface area contributed by atoms with Gasteiger partial charge in [0.05, 0.1) is 23.8 Å². The van der Waals surface area contributed by atoms with Crippen LogP contribution in [0.25, 0.3) is 16.9 Å². The number of nitrogens with zero attached hydrogens (tertiary/aromatic N) is 6. The van der Waals surface area contributed by atoms with Crippen LogP contribution in [0.1, 0.15) is 31.2 Å². The maximum atomic E-state index is 12.1. The first-order valence-electron chi connectivity index (χ1n) is 11.6. The molecule has 4 aromatic rings. The van der Waals surface area contributed by atoms with Crippen molar-refractivity contribution in [3.63, 3.8) is 0 Å². The van der Waals surface area contributed by atoms with Crippen LogP contribution in [0.15, 0.2) is 54.9 Å². The fourth-order valence-electron chi connectivity index (χ4n) is 4.15. The molecular weight excluding hydrogens is 452 g/mol. The lowest BCUT2D eigenvalue weighted by molar-refractivity contribution is 0.238. The first-order valence-corrected chi connectivity index (χ1v) is 13.2. The lowest BCUT2D eigenvalue weighted by atomic mass is 10.1. The molecule has 4 heterocycles. The number of pyridine rings is 1. The molecule has 5 rings (SSSR count). The van der Waals surface area contributed by atoms with Crippen molar-refractivity contribution in [2.45, 2.75) is 26.2 Å². The van der Waals surface area contributed by atoms with Gasteiger partial charge in [0.15, 0.2) is 11.5 Å². The molecule has 0 N–H and O–H groups in total. The molecule has 178 valence electrons. The summed E-state index contributed by atoms with van der Waals surface area (Å²) >= 11 is 0. The Morgan fingerprint density at radius 3 is 2.62 bits per heavy atom. The molecule has 10 heteroatoms. The van der Waals surface area contributed by atoms with E-state index in [1.165, 1.54) is 38.3 Å². The Kier molecular flexibility index (Phi) is 6.34. The number of aromatic nitrogens is 5. The Morgan fingerprint density at radius 1 is 1.06 bits per heavy atom. The SMILES string of the molecule is CCS(=O)(=O)n1cc(-c2cccc3nc(Cc4ccc(OCCN5CCCC5)cc4)nn23)cn1. The molecule has 0 amide bonds. The van der Waals surface area contributed by atoms with Crippen LogP contribution in [0.2, 0.25) is 0 Å². The van der Waals surface area contributed by atoms with Gasteiger partial charge in [0.1, 0.15) is 12.4 Å². The Hall–Kier alpha value is -3.24. The third-order valence-electron chi connectivity index (χ3n) is 6.07. The van der Waals surface area contributed by atoms with Crippen LogP contribution in [0.5, 0.6) is 5.75 Å². The Morgan fingerprint density at radius 2 is 1.85 bits per heavy atom. The summed E-state index contributed by atoms with van der Waals surface area (Å²) in [5.41, 5.74) is 3.18. The van der Waals surface area contributed by atoms with E-state index in [1.807, 2.05) is 42.5 Å². The number of likely N-dealkylation sites (tertiary alicyclic amines) is 1. The molecule has 1 saturated heterocycles. The second-order valence-electron chi connectivity index (χ2n) is 8.43. The molecule has 34 heavy (non-hydrogen) atoms. The maximum absolute atomic E-state index is 12.1. The van der Waals surface area contributed by atoms with Crippen molar-refractivity contribution in [1.82, 2.24) is 28.7 Å². The topological polar surface area (TPSA) is 94.6 Å². The summed E-state index contributed by atoms with van der Waals surface area (Å²) in [5, 5.41) is 8.70. The summed E-state index contributed by atoms with van der Waals surface area (Å²) in [7, 11) is -3.44. The molecule has 9 nitrogen and oxygen atoms in total. The van der Waals surface area contributed by atoms with Crippen LogP contribution in [0, 0.1) is 0 Å². The molecule has 0 saturated carbocycles. The van der Waals surface area contributed by atoms with E-state index in [-0.39, 0.29) is 5.75 Å². The molecule has 0 unspecified atom stereocenters. The summed E-state index contributed by atoms with van der Waals surface area (Å²) in [5.74, 6) is 1.53. The molecule has 1 aromatic carbocycles. The van der Waals surface area contributed by atoms with Crippen LogP contribution >= 0.6 is 0 Å². The molecule has 1 aliphatic rings. The summed E-state index contributed by atoms with van der Waals surface area (Å²) < 4.78 is 32.9. The standard InChI is InChI=1S/C24H28N6O3S/c1-2-34(31,32)29-18-20(17-25-29)22-6-5-7-24-26-23(27-30(22)24)16-19-8-10-21(11-9-19)33-15-14-28-12-3-4-13-28/h5-11,17-18H,2-4,12-16H2,1H3. The highest BCUT2D eigenvalue weighted by Crippen LogP contribution is 2.21. The van der Waals surface area contributed by atoms with Crippen molar-refractivity contribution < 1.29 is 13.2 Å². The predicted octanol–water partition coefficient (Wildman–Crippen LogP) is 2.86. The van der Waals surface area contributed by atoms with E-state index in [9.17, 15) is 8.42 Å². The second-order valence-corrected chi connectivity index (χ2v) is 10.5. The molecule has 0 aliphatic carbocycles. The smallest absolute Gasteiger partial charge is 0.253 e. The van der Waals surface area contributed by atoms with E-state index < -0.39 is 10.0 Å². The van der Waals surface area contributed by atoms with Gasteiger partial charge in [0.25, 0.3) is 10.0 Å². The maximum Gasteiger partial charge on any atom is 0.253 e. The van der Waals surface area contributed by atoms with Gasteiger partial charge in [-0.1, -0.05) is 18.2 Å². The number of benzene rings is 1. The average molecular weight is 481 g/mol. The summed E-state index contributed by atoms with van der Waals surface area (Å²) in [6.07, 6.45) is 6.21. The van der Waals surface area contributed by atoms with Crippen molar-refractivity contribution >= 4 is 15.7 Å². The van der Waals surface area contributed by atoms with E-state index in [0.717, 1.165) is 27.6 Å². The lowest BCUT2D eigenvalue weighted by Gasteiger charge is -2.14. The van der Waals surface area contributed by atoms with E-state index >= 15 is 0 Å². The third-order valence-corrected chi connectivity index (χ3v) is 7.57. The van der Waals surface area contributed by atoms with Gasteiger partial charge in [-0.15, -0.1) is 0 Å². The van der Waals surface area contributed by atoms with Crippen molar-refractivity contribution in [3.8, 4) is 17.0 Å². The van der Waals surface area contributed by atoms with Gasteiger partial charge < -0.3 is 4.74 Å². The van der Waals surface area contributed by atoms with Crippen molar-refractivity contribution in [2.75, 3.05) is 32.0 Å². The zero-order valence-electron chi connectivity index (χ0n) is 19.2. The Bertz CT molecular complexity index is 1370. The first-order chi connectivity index (χ1) is 16.5. The van der Waals surface area contributed by atoms with Gasteiger partial charge in [-0.2, -0.15) is 14.3 Å². The molecule has 0 radical (unpaired) electrons. The number of ether oxygens (including phenoxy) is 1. The highest BCUT2D eigenvalue weighted by atomic mass is 32.2. The van der Waals surface area contributed by atoms with Crippen molar-refractivity contribution in [1.29, 1.82) is 0 Å². The predicted molar refractivity (Wildman–Crippen MR) is 129 cm³/mol. The van der Waals surface area contributed by atoms with Gasteiger partial charge in [-0.25, -0.2) is 17.9 Å². The van der Waals surface area contributed by atoms with Crippen LogP contribution in [0.3, 0.4) is 0 Å². The fourth-order valence-corrected chi connectivity index (χ4v) is 4.88. The molecule has 1 aliphatic heterocycles. The fraction of sp³-hybridized carbons (Fsp3) is 0.375. The minimum atomic E-state index is -3.44. The number of hydrogen-bond acceptors (Lipinski definition) is 7. The average Bonchev–Trinajstić information content (AvgIpc) is 3.61. The molecule has 1 fully saturated rings. The van der Waals surface area contributed by atoms with Crippen LogP contribution in [-0.4, -0.2) is 69.1 Å². The van der Waals surface area contributed by atoms with Gasteiger partial charge in [-0.3, -0.25) is 4.90 Å². The largest absolute Gasteiger partial charge is 0.492 e. The zero-order valence-corrected chi connectivity index (χ0v) is 20.0. The van der Waals surface area contributed by atoms with E-state index in [1.54, 1.807) is 11.4 Å². The number of rotatable bonds is 9. The molecule has 3 aromatic heterocycles. The highest BCUT2D eigenvalue weighted by Gasteiger charge is 2.16. The number of hydrogen-bond donors (Lipinski definition) is 0. The van der Waals surface area contributed by atoms with Crippen LogP contribution in [0.4, 0.5) is 0 Å². The van der Waals surface area contributed by atoms with Crippen molar-refractivity contribution in [2.24, 2.45) is 0 Å². The van der Waals surface area contributed by atoms with Gasteiger partial charge >= 0.3 is 0 Å². The van der Waals surface area contributed by atoms with Gasteiger partial charge in [0.2, 0.25) is 0 Å². The Balaban J connectivity index is 1.29. The summed E-state index contributed by atoms with van der Waals surface area (Å²) in [4.78, 5) is 7.09. The molecular formula is C24H28N6O3S. The van der Waals surface area contributed by atoms with Crippen LogP contribution in [-0.2, 0) is 16.4 Å². The van der Waals surface area contributed by atoms with E-state index in [4.69, 9.17) is 4.74 Å². The zero-order chi connectivity index (χ0) is 23.5. The lowest BCUT2D eigenvalue weighted by Crippen LogP contribution is -2.25. The molecule has 0 bridgehead atoms. The third kappa shape index (κ3) is 4.83.